The van der Waals surface area contributed by atoms with Crippen molar-refractivity contribution < 1.29 is 0 Å². The summed E-state index contributed by atoms with van der Waals surface area (Å²) < 4.78 is 0. The zero-order valence-electron chi connectivity index (χ0n) is 32.2. The van der Waals surface area contributed by atoms with Crippen LogP contribution in [0.3, 0.4) is 0 Å². The van der Waals surface area contributed by atoms with E-state index in [4.69, 9.17) is 0 Å². The molecule has 0 spiro atoms. The van der Waals surface area contributed by atoms with Gasteiger partial charge in [0.2, 0.25) is 0 Å². The molecule has 0 radical (unpaired) electrons. The van der Waals surface area contributed by atoms with Crippen LogP contribution in [0.25, 0.3) is 45.8 Å². The normalized spacial score (nSPS) is 21.1. The van der Waals surface area contributed by atoms with Crippen molar-refractivity contribution in [3.63, 3.8) is 0 Å². The second-order valence-corrected chi connectivity index (χ2v) is 16.5. The number of hydrogen-bond donors (Lipinski definition) is 0. The molecule has 2 aliphatic carbocycles. The van der Waals surface area contributed by atoms with E-state index in [1.807, 2.05) is 0 Å². The van der Waals surface area contributed by atoms with Crippen molar-refractivity contribution in [1.29, 1.82) is 0 Å². The quantitative estimate of drug-likeness (QED) is 0.0620. The Morgan fingerprint density at radius 3 is 1.13 bits per heavy atom. The van der Waals surface area contributed by atoms with E-state index in [2.05, 4.69) is 135 Å². The van der Waals surface area contributed by atoms with Gasteiger partial charge in [-0.15, -0.1) is 0 Å². The molecule has 0 aromatic heterocycles. The molecule has 0 aliphatic heterocycles. The van der Waals surface area contributed by atoms with E-state index in [1.54, 1.807) is 0 Å². The molecule has 0 unspecified atom stereocenters. The molecule has 0 amide bonds. The molecule has 0 atom stereocenters. The Balaban J connectivity index is 0.933. The van der Waals surface area contributed by atoms with Gasteiger partial charge in [-0.3, -0.25) is 0 Å². The van der Waals surface area contributed by atoms with E-state index < -0.39 is 0 Å². The summed E-state index contributed by atoms with van der Waals surface area (Å²) in [5, 5.41) is 5.17. The fraction of sp³-hybridized carbons (Fsp3) is 0.423. The summed E-state index contributed by atoms with van der Waals surface area (Å²) in [6.45, 7) is 4.62. The van der Waals surface area contributed by atoms with E-state index >= 15 is 0 Å². The lowest BCUT2D eigenvalue weighted by molar-refractivity contribution is 0.303. The fourth-order valence-electron chi connectivity index (χ4n) is 9.32. The minimum Gasteiger partial charge on any atom is -0.0654 e. The third kappa shape index (κ3) is 9.74. The molecule has 5 aromatic carbocycles. The Labute approximate surface area is 315 Å². The van der Waals surface area contributed by atoms with Crippen LogP contribution in [0.1, 0.15) is 162 Å². The molecule has 0 nitrogen and oxygen atoms in total. The lowest BCUT2D eigenvalue weighted by Crippen LogP contribution is -2.13. The van der Waals surface area contributed by atoms with Gasteiger partial charge >= 0.3 is 0 Å². The SMILES string of the molecule is CCCCCC1CCC(c2ccc(C=Cc3ccc4cc5cc(C=Cc6ccc(C7CCC(CCCCC)CC7)cc6)ccc5cc4c3)cc2)CC1. The first-order valence-corrected chi connectivity index (χ1v) is 21.2. The molecule has 270 valence electrons. The lowest BCUT2D eigenvalue weighted by atomic mass is 9.77. The molecule has 0 bridgehead atoms. The lowest BCUT2D eigenvalue weighted by Gasteiger charge is -2.29. The topological polar surface area (TPSA) is 0 Å². The molecule has 2 fully saturated rings. The number of unbranched alkanes of at least 4 members (excludes halogenated alkanes) is 4. The summed E-state index contributed by atoms with van der Waals surface area (Å²) in [5.74, 6) is 3.44. The molecule has 0 heteroatoms. The maximum absolute atomic E-state index is 2.38. The van der Waals surface area contributed by atoms with Gasteiger partial charge < -0.3 is 0 Å². The fourth-order valence-corrected chi connectivity index (χ4v) is 9.32. The monoisotopic (exact) mass is 686 g/mol. The predicted octanol–water partition coefficient (Wildman–Crippen LogP) is 16.0. The van der Waals surface area contributed by atoms with Crippen LogP contribution in [0, 0.1) is 11.8 Å². The van der Waals surface area contributed by atoms with E-state index in [0.29, 0.717) is 0 Å². The number of hydrogen-bond acceptors (Lipinski definition) is 0. The van der Waals surface area contributed by atoms with Gasteiger partial charge in [0.05, 0.1) is 0 Å². The first kappa shape index (κ1) is 36.5. The smallest absolute Gasteiger partial charge is 0.0162 e. The first-order valence-electron chi connectivity index (χ1n) is 21.2. The minimum atomic E-state index is 0.750. The molecular formula is C52H62. The van der Waals surface area contributed by atoms with Crippen molar-refractivity contribution >= 4 is 45.8 Å². The summed E-state index contributed by atoms with van der Waals surface area (Å²) in [6, 6.07) is 37.2. The van der Waals surface area contributed by atoms with Gasteiger partial charge in [0, 0.05) is 0 Å². The van der Waals surface area contributed by atoms with Crippen molar-refractivity contribution in [3.8, 4) is 0 Å². The van der Waals surface area contributed by atoms with Crippen molar-refractivity contribution in [2.45, 2.75) is 128 Å². The molecule has 0 saturated heterocycles. The molecule has 0 heterocycles. The molecule has 5 aromatic rings. The summed E-state index contributed by atoms with van der Waals surface area (Å²) in [6.07, 6.45) is 31.4. The van der Waals surface area contributed by atoms with Gasteiger partial charge in [-0.05, 0) is 154 Å². The number of rotatable bonds is 14. The van der Waals surface area contributed by atoms with Crippen LogP contribution in [0.5, 0.6) is 0 Å². The second-order valence-electron chi connectivity index (χ2n) is 16.5. The summed E-state index contributed by atoms with van der Waals surface area (Å²) in [7, 11) is 0. The van der Waals surface area contributed by atoms with Gasteiger partial charge in [-0.25, -0.2) is 0 Å². The van der Waals surface area contributed by atoms with Gasteiger partial charge in [0.15, 0.2) is 0 Å². The Hall–Kier alpha value is -3.90. The largest absolute Gasteiger partial charge is 0.0654 e. The van der Waals surface area contributed by atoms with E-state index in [-0.39, 0.29) is 0 Å². The molecule has 0 N–H and O–H groups in total. The van der Waals surface area contributed by atoms with Crippen LogP contribution in [0.4, 0.5) is 0 Å². The van der Waals surface area contributed by atoms with E-state index in [9.17, 15) is 0 Å². The van der Waals surface area contributed by atoms with Gasteiger partial charge in [0.1, 0.15) is 0 Å². The summed E-state index contributed by atoms with van der Waals surface area (Å²) >= 11 is 0. The van der Waals surface area contributed by atoms with Crippen molar-refractivity contribution in [1.82, 2.24) is 0 Å². The van der Waals surface area contributed by atoms with Crippen LogP contribution in [0.15, 0.2) is 97.1 Å². The van der Waals surface area contributed by atoms with E-state index in [1.165, 1.54) is 158 Å². The van der Waals surface area contributed by atoms with Gasteiger partial charge in [-0.1, -0.05) is 162 Å². The highest BCUT2D eigenvalue weighted by Crippen LogP contribution is 2.39. The summed E-state index contributed by atoms with van der Waals surface area (Å²) in [4.78, 5) is 0. The Morgan fingerprint density at radius 1 is 0.385 bits per heavy atom. The molecule has 2 aliphatic rings. The van der Waals surface area contributed by atoms with Crippen molar-refractivity contribution in [2.24, 2.45) is 11.8 Å². The van der Waals surface area contributed by atoms with Crippen LogP contribution >= 0.6 is 0 Å². The summed E-state index contributed by atoms with van der Waals surface area (Å²) in [5.41, 5.74) is 8.13. The predicted molar refractivity (Wildman–Crippen MR) is 230 cm³/mol. The van der Waals surface area contributed by atoms with Crippen LogP contribution in [-0.2, 0) is 0 Å². The van der Waals surface area contributed by atoms with Gasteiger partial charge in [-0.2, -0.15) is 0 Å². The average Bonchev–Trinajstić information content (AvgIpc) is 3.19. The Morgan fingerprint density at radius 2 is 0.750 bits per heavy atom. The first-order chi connectivity index (χ1) is 25.6. The van der Waals surface area contributed by atoms with Crippen molar-refractivity contribution in [2.75, 3.05) is 0 Å². The maximum atomic E-state index is 2.38. The zero-order chi connectivity index (χ0) is 35.5. The number of fused-ring (bicyclic) bond motifs is 2. The molecular weight excluding hydrogens is 625 g/mol. The van der Waals surface area contributed by atoms with Crippen LogP contribution in [0.2, 0.25) is 0 Å². The minimum absolute atomic E-state index is 0.750. The maximum Gasteiger partial charge on any atom is -0.0162 e. The Kier molecular flexibility index (Phi) is 12.8. The average molecular weight is 687 g/mol. The highest BCUT2D eigenvalue weighted by Gasteiger charge is 2.23. The second kappa shape index (κ2) is 18.2. The van der Waals surface area contributed by atoms with Crippen LogP contribution in [-0.4, -0.2) is 0 Å². The van der Waals surface area contributed by atoms with Crippen molar-refractivity contribution in [3.05, 3.63) is 130 Å². The van der Waals surface area contributed by atoms with Crippen LogP contribution < -0.4 is 0 Å². The zero-order valence-corrected chi connectivity index (χ0v) is 32.2. The number of benzene rings is 5. The Bertz CT molecular complexity index is 1760. The molecule has 52 heavy (non-hydrogen) atoms. The van der Waals surface area contributed by atoms with Gasteiger partial charge in [0.25, 0.3) is 0 Å². The molecule has 7 rings (SSSR count). The standard InChI is InChI=1S/C52H62/c1-3-5-7-9-39-15-25-45(26-16-39)47-29-19-41(20-30-47)11-13-43-23-33-49-38-52-36-44(24-34-50(52)37-51(49)35-43)14-12-42-21-31-48(32-22-42)46-27-17-40(18-28-46)10-8-6-4-2/h11-14,19-24,29-40,45-46H,3-10,15-18,25-28H2,1-2H3. The van der Waals surface area contributed by atoms with E-state index in [0.717, 1.165) is 23.7 Å². The highest BCUT2D eigenvalue weighted by molar-refractivity contribution is 6.00. The highest BCUT2D eigenvalue weighted by atomic mass is 14.3. The third-order valence-electron chi connectivity index (χ3n) is 12.7. The third-order valence-corrected chi connectivity index (χ3v) is 12.7. The molecule has 2 saturated carbocycles.